The molecular formula is C22H21N9. The quantitative estimate of drug-likeness (QED) is 0.402. The van der Waals surface area contributed by atoms with E-state index in [4.69, 9.17) is 4.98 Å². The Kier molecular flexibility index (Phi) is 3.89. The normalized spacial score (nSPS) is 13.7. The molecule has 0 spiro atoms. The lowest BCUT2D eigenvalue weighted by atomic mass is 10.0. The predicted molar refractivity (Wildman–Crippen MR) is 118 cm³/mol. The zero-order valence-electron chi connectivity index (χ0n) is 17.2. The summed E-state index contributed by atoms with van der Waals surface area (Å²) in [6.45, 7) is 1.89. The van der Waals surface area contributed by atoms with Crippen molar-refractivity contribution in [2.24, 2.45) is 7.05 Å². The summed E-state index contributed by atoms with van der Waals surface area (Å²) in [7, 11) is 1.90. The fraction of sp³-hybridized carbons (Fsp3) is 0.227. The van der Waals surface area contributed by atoms with Crippen LogP contribution < -0.4 is 5.32 Å². The summed E-state index contributed by atoms with van der Waals surface area (Å²) in [6, 6.07) is 12.1. The van der Waals surface area contributed by atoms with Crippen LogP contribution in [0.15, 0.2) is 42.6 Å². The van der Waals surface area contributed by atoms with Crippen LogP contribution in [0.3, 0.4) is 0 Å². The van der Waals surface area contributed by atoms with E-state index in [9.17, 15) is 0 Å². The molecule has 0 radical (unpaired) electrons. The number of H-pyrrole nitrogens is 2. The number of hydrogen-bond donors (Lipinski definition) is 3. The van der Waals surface area contributed by atoms with E-state index in [0.29, 0.717) is 17.7 Å². The summed E-state index contributed by atoms with van der Waals surface area (Å²) in [5, 5.41) is 24.7. The minimum absolute atomic E-state index is 0.573. The third-order valence-electron chi connectivity index (χ3n) is 5.68. The van der Waals surface area contributed by atoms with Gasteiger partial charge in [-0.3, -0.25) is 5.10 Å². The molecule has 2 aromatic carbocycles. The van der Waals surface area contributed by atoms with E-state index in [1.807, 2.05) is 44.4 Å². The minimum atomic E-state index is 0.573. The maximum absolute atomic E-state index is 4.75. The van der Waals surface area contributed by atoms with Crippen molar-refractivity contribution in [3.05, 3.63) is 54.0 Å². The smallest absolute Gasteiger partial charge is 0.225 e. The van der Waals surface area contributed by atoms with Gasteiger partial charge in [0.2, 0.25) is 5.95 Å². The van der Waals surface area contributed by atoms with Crippen molar-refractivity contribution in [3.8, 4) is 22.8 Å². The molecule has 1 saturated carbocycles. The van der Waals surface area contributed by atoms with Crippen molar-refractivity contribution in [1.82, 2.24) is 40.1 Å². The number of aryl methyl sites for hydroxylation is 2. The summed E-state index contributed by atoms with van der Waals surface area (Å²) in [5.41, 5.74) is 5.35. The Morgan fingerprint density at radius 1 is 1.03 bits per heavy atom. The first-order valence-corrected chi connectivity index (χ1v) is 10.3. The van der Waals surface area contributed by atoms with Gasteiger partial charge in [-0.15, -0.1) is 15.3 Å². The van der Waals surface area contributed by atoms with Crippen LogP contribution in [0, 0.1) is 6.92 Å². The number of hydrogen-bond acceptors (Lipinski definition) is 6. The second-order valence-electron chi connectivity index (χ2n) is 7.98. The number of anilines is 2. The predicted octanol–water partition coefficient (Wildman–Crippen LogP) is 4.07. The van der Waals surface area contributed by atoms with Crippen LogP contribution in [0.2, 0.25) is 0 Å². The fourth-order valence-corrected chi connectivity index (χ4v) is 3.95. The van der Waals surface area contributed by atoms with Gasteiger partial charge in [0, 0.05) is 29.2 Å². The van der Waals surface area contributed by atoms with Crippen molar-refractivity contribution >= 4 is 22.5 Å². The molecule has 1 aliphatic carbocycles. The average Bonchev–Trinajstić information content (AvgIpc) is 3.15. The Labute approximate surface area is 177 Å². The molecule has 31 heavy (non-hydrogen) atoms. The van der Waals surface area contributed by atoms with Crippen LogP contribution in [-0.2, 0) is 7.05 Å². The molecule has 9 heteroatoms. The van der Waals surface area contributed by atoms with Crippen molar-refractivity contribution in [2.45, 2.75) is 25.7 Å². The molecule has 0 bridgehead atoms. The first-order chi connectivity index (χ1) is 15.2. The second kappa shape index (κ2) is 6.76. The van der Waals surface area contributed by atoms with Gasteiger partial charge in [0.15, 0.2) is 11.6 Å². The average molecular weight is 411 g/mol. The van der Waals surface area contributed by atoms with Crippen LogP contribution in [0.25, 0.3) is 33.7 Å². The summed E-state index contributed by atoms with van der Waals surface area (Å²) in [5.74, 6) is 3.49. The van der Waals surface area contributed by atoms with E-state index in [2.05, 4.69) is 47.9 Å². The Bertz CT molecular complexity index is 1390. The van der Waals surface area contributed by atoms with Crippen LogP contribution in [0.1, 0.15) is 30.1 Å². The molecule has 1 fully saturated rings. The van der Waals surface area contributed by atoms with Gasteiger partial charge in [0.25, 0.3) is 0 Å². The molecule has 3 aromatic heterocycles. The molecule has 0 saturated heterocycles. The van der Waals surface area contributed by atoms with Crippen LogP contribution in [-0.4, -0.2) is 40.1 Å². The minimum Gasteiger partial charge on any atom is -0.325 e. The van der Waals surface area contributed by atoms with Gasteiger partial charge in [0.05, 0.1) is 11.7 Å². The summed E-state index contributed by atoms with van der Waals surface area (Å²) in [6.07, 6.45) is 4.33. The zero-order chi connectivity index (χ0) is 20.9. The van der Waals surface area contributed by atoms with E-state index in [1.165, 1.54) is 23.8 Å². The van der Waals surface area contributed by atoms with Crippen molar-refractivity contribution in [3.63, 3.8) is 0 Å². The first-order valence-electron chi connectivity index (χ1n) is 10.3. The number of benzene rings is 2. The molecular weight excluding hydrogens is 390 g/mol. The molecule has 5 aromatic rings. The van der Waals surface area contributed by atoms with Crippen LogP contribution in [0.5, 0.6) is 0 Å². The highest BCUT2D eigenvalue weighted by Gasteiger charge is 2.29. The maximum Gasteiger partial charge on any atom is 0.225 e. The van der Waals surface area contributed by atoms with Crippen molar-refractivity contribution in [1.29, 1.82) is 0 Å². The SMILES string of the molecule is Cc1nnc(-c2ccc(-c3nc(Nc4ccc5[nH]ncc5c4C4CC4)n(C)n3)cc2)[nH]1. The van der Waals surface area contributed by atoms with E-state index in [1.54, 1.807) is 4.68 Å². The third-order valence-corrected chi connectivity index (χ3v) is 5.68. The van der Waals surface area contributed by atoms with E-state index in [0.717, 1.165) is 34.0 Å². The molecule has 0 unspecified atom stereocenters. The standard InChI is InChI=1S/C22H21N9/c1-12-24-20(29-27-12)14-5-7-15(8-6-14)21-26-22(31(2)30-21)25-18-10-9-17-16(11-23-28-17)19(18)13-3-4-13/h5-11,13H,3-4H2,1-2H3,(H,23,28)(H,24,27,29)(H,25,26,30). The van der Waals surface area contributed by atoms with Gasteiger partial charge in [-0.2, -0.15) is 10.1 Å². The zero-order valence-corrected chi connectivity index (χ0v) is 17.2. The lowest BCUT2D eigenvalue weighted by molar-refractivity contribution is 0.778. The first kappa shape index (κ1) is 17.8. The molecule has 1 aliphatic rings. The Hall–Kier alpha value is -4.01. The summed E-state index contributed by atoms with van der Waals surface area (Å²) >= 11 is 0. The van der Waals surface area contributed by atoms with E-state index in [-0.39, 0.29) is 0 Å². The Balaban J connectivity index is 1.31. The topological polar surface area (TPSA) is 113 Å². The highest BCUT2D eigenvalue weighted by molar-refractivity contribution is 5.89. The maximum atomic E-state index is 4.75. The van der Waals surface area contributed by atoms with E-state index >= 15 is 0 Å². The Morgan fingerprint density at radius 3 is 2.58 bits per heavy atom. The van der Waals surface area contributed by atoms with Gasteiger partial charge in [-0.25, -0.2) is 4.68 Å². The summed E-state index contributed by atoms with van der Waals surface area (Å²) in [4.78, 5) is 7.90. The molecule has 9 nitrogen and oxygen atoms in total. The third kappa shape index (κ3) is 3.14. The Morgan fingerprint density at radius 2 is 1.84 bits per heavy atom. The highest BCUT2D eigenvalue weighted by Crippen LogP contribution is 2.47. The van der Waals surface area contributed by atoms with Crippen molar-refractivity contribution in [2.75, 3.05) is 5.32 Å². The number of aromatic amines is 2. The number of aromatic nitrogens is 8. The molecule has 154 valence electrons. The molecule has 0 atom stereocenters. The van der Waals surface area contributed by atoms with Gasteiger partial charge in [0.1, 0.15) is 5.82 Å². The molecule has 3 heterocycles. The van der Waals surface area contributed by atoms with Gasteiger partial charge >= 0.3 is 0 Å². The van der Waals surface area contributed by atoms with Gasteiger partial charge in [-0.05, 0) is 43.4 Å². The highest BCUT2D eigenvalue weighted by atomic mass is 15.4. The van der Waals surface area contributed by atoms with E-state index < -0.39 is 0 Å². The van der Waals surface area contributed by atoms with Crippen LogP contribution in [0.4, 0.5) is 11.6 Å². The number of rotatable bonds is 5. The fourth-order valence-electron chi connectivity index (χ4n) is 3.95. The number of nitrogens with zero attached hydrogens (tertiary/aromatic N) is 6. The largest absolute Gasteiger partial charge is 0.325 e. The monoisotopic (exact) mass is 411 g/mol. The summed E-state index contributed by atoms with van der Waals surface area (Å²) < 4.78 is 1.78. The molecule has 0 aliphatic heterocycles. The van der Waals surface area contributed by atoms with Gasteiger partial charge in [-0.1, -0.05) is 24.3 Å². The van der Waals surface area contributed by atoms with Crippen molar-refractivity contribution < 1.29 is 0 Å². The lowest BCUT2D eigenvalue weighted by Crippen LogP contribution is -2.02. The lowest BCUT2D eigenvalue weighted by Gasteiger charge is -2.11. The van der Waals surface area contributed by atoms with Gasteiger partial charge < -0.3 is 10.3 Å². The molecule has 0 amide bonds. The molecule has 6 rings (SSSR count). The van der Waals surface area contributed by atoms with Crippen LogP contribution >= 0.6 is 0 Å². The molecule has 3 N–H and O–H groups in total. The number of nitrogens with one attached hydrogen (secondary N) is 3. The second-order valence-corrected chi connectivity index (χ2v) is 7.98. The number of fused-ring (bicyclic) bond motifs is 1.